The highest BCUT2D eigenvalue weighted by molar-refractivity contribution is 5.80. The van der Waals surface area contributed by atoms with Gasteiger partial charge in [0, 0.05) is 23.1 Å². The fourth-order valence-corrected chi connectivity index (χ4v) is 4.76. The van der Waals surface area contributed by atoms with E-state index in [2.05, 4.69) is 38.9 Å². The monoisotopic (exact) mass is 426 g/mol. The molecule has 0 aliphatic heterocycles. The Morgan fingerprint density at radius 2 is 1.88 bits per heavy atom. The first-order chi connectivity index (χ1) is 15.6. The number of carbonyl (C=O) groups excluding carboxylic acids is 1. The molecule has 2 aromatic carbocycles. The van der Waals surface area contributed by atoms with E-state index in [1.54, 1.807) is 0 Å². The molecule has 6 nitrogen and oxygen atoms in total. The van der Waals surface area contributed by atoms with E-state index in [0.717, 1.165) is 60.0 Å². The summed E-state index contributed by atoms with van der Waals surface area (Å²) >= 11 is 0. The maximum Gasteiger partial charge on any atom is 0.227 e. The zero-order chi connectivity index (χ0) is 21.7. The normalized spacial score (nSPS) is 21.7. The van der Waals surface area contributed by atoms with Crippen LogP contribution in [0.25, 0.3) is 33.8 Å². The Hall–Kier alpha value is -3.41. The van der Waals surface area contributed by atoms with E-state index in [-0.39, 0.29) is 17.4 Å². The van der Waals surface area contributed by atoms with Gasteiger partial charge in [-0.3, -0.25) is 4.79 Å². The van der Waals surface area contributed by atoms with E-state index in [0.29, 0.717) is 11.9 Å². The molecule has 2 aromatic heterocycles. The average Bonchev–Trinajstić information content (AvgIpc) is 3.26. The Morgan fingerprint density at radius 3 is 2.66 bits per heavy atom. The van der Waals surface area contributed by atoms with Gasteiger partial charge in [0.1, 0.15) is 5.52 Å². The molecule has 0 spiro atoms. The SMILES string of the molecule is CC1(NC(=O)C2CCC(n3cncc3-c3ccc(-c4nc5ccccc5o4)cc3)C2)CC1. The van der Waals surface area contributed by atoms with Crippen LogP contribution in [0.2, 0.25) is 0 Å². The number of hydrogen-bond acceptors (Lipinski definition) is 4. The van der Waals surface area contributed by atoms with Crippen molar-refractivity contribution < 1.29 is 9.21 Å². The minimum Gasteiger partial charge on any atom is -0.436 e. The quantitative estimate of drug-likeness (QED) is 0.466. The standard InChI is InChI=1S/C26H26N4O2/c1-26(12-13-26)29-24(31)19-10-11-20(14-19)30-16-27-15-22(30)17-6-8-18(9-7-17)25-28-21-4-2-3-5-23(21)32-25/h2-9,15-16,19-20H,10-14H2,1H3,(H,29,31). The summed E-state index contributed by atoms with van der Waals surface area (Å²) in [4.78, 5) is 21.7. The smallest absolute Gasteiger partial charge is 0.227 e. The summed E-state index contributed by atoms with van der Waals surface area (Å²) in [5, 5.41) is 3.24. The van der Waals surface area contributed by atoms with Crippen LogP contribution in [-0.2, 0) is 4.79 Å². The lowest BCUT2D eigenvalue weighted by Crippen LogP contribution is -2.38. The minimum atomic E-state index is 0.0474. The average molecular weight is 427 g/mol. The Labute approximate surface area is 186 Å². The first kappa shape index (κ1) is 19.3. The second-order valence-corrected chi connectivity index (χ2v) is 9.46. The molecule has 6 rings (SSSR count). The van der Waals surface area contributed by atoms with Crippen LogP contribution in [0.3, 0.4) is 0 Å². The van der Waals surface area contributed by atoms with Gasteiger partial charge in [0.15, 0.2) is 5.58 Å². The van der Waals surface area contributed by atoms with Gasteiger partial charge in [-0.25, -0.2) is 9.97 Å². The number of aromatic nitrogens is 3. The van der Waals surface area contributed by atoms with Crippen LogP contribution in [0.4, 0.5) is 0 Å². The molecule has 162 valence electrons. The van der Waals surface area contributed by atoms with Crippen LogP contribution in [0.5, 0.6) is 0 Å². The predicted octanol–water partition coefficient (Wildman–Crippen LogP) is 5.37. The lowest BCUT2D eigenvalue weighted by Gasteiger charge is -2.18. The predicted molar refractivity (Wildman–Crippen MR) is 123 cm³/mol. The number of fused-ring (bicyclic) bond motifs is 1. The summed E-state index contributed by atoms with van der Waals surface area (Å²) in [6.45, 7) is 2.13. The number of imidazole rings is 1. The molecular weight excluding hydrogens is 400 g/mol. The molecular formula is C26H26N4O2. The van der Waals surface area contributed by atoms with E-state index >= 15 is 0 Å². The number of carbonyl (C=O) groups is 1. The molecule has 4 aromatic rings. The van der Waals surface area contributed by atoms with Crippen molar-refractivity contribution in [1.29, 1.82) is 0 Å². The molecule has 6 heteroatoms. The highest BCUT2D eigenvalue weighted by atomic mass is 16.3. The summed E-state index contributed by atoms with van der Waals surface area (Å²) in [7, 11) is 0. The van der Waals surface area contributed by atoms with Gasteiger partial charge in [0.2, 0.25) is 11.8 Å². The summed E-state index contributed by atoms with van der Waals surface area (Å²) in [6, 6.07) is 16.3. The van der Waals surface area contributed by atoms with Crippen molar-refractivity contribution in [2.45, 2.75) is 50.6 Å². The van der Waals surface area contributed by atoms with Gasteiger partial charge in [-0.1, -0.05) is 24.3 Å². The molecule has 0 bridgehead atoms. The lowest BCUT2D eigenvalue weighted by molar-refractivity contribution is -0.125. The zero-order valence-corrected chi connectivity index (χ0v) is 18.1. The Balaban J connectivity index is 1.20. The molecule has 2 unspecified atom stereocenters. The molecule has 2 fully saturated rings. The van der Waals surface area contributed by atoms with E-state index in [4.69, 9.17) is 4.42 Å². The van der Waals surface area contributed by atoms with Gasteiger partial charge in [-0.05, 0) is 68.9 Å². The first-order valence-electron chi connectivity index (χ1n) is 11.4. The molecule has 2 aliphatic carbocycles. The number of oxazole rings is 1. The topological polar surface area (TPSA) is 73.0 Å². The van der Waals surface area contributed by atoms with E-state index in [1.807, 2.05) is 48.9 Å². The summed E-state index contributed by atoms with van der Waals surface area (Å²) in [6.07, 6.45) is 8.80. The first-order valence-corrected chi connectivity index (χ1v) is 11.4. The molecule has 0 radical (unpaired) electrons. The molecule has 2 aliphatic rings. The number of hydrogen-bond donors (Lipinski definition) is 1. The van der Waals surface area contributed by atoms with Gasteiger partial charge in [-0.2, -0.15) is 0 Å². The van der Waals surface area contributed by atoms with E-state index in [1.165, 1.54) is 0 Å². The third-order valence-electron chi connectivity index (χ3n) is 6.98. The second kappa shape index (κ2) is 7.33. The van der Waals surface area contributed by atoms with Crippen molar-refractivity contribution >= 4 is 17.0 Å². The maximum absolute atomic E-state index is 12.7. The van der Waals surface area contributed by atoms with Gasteiger partial charge < -0.3 is 14.3 Å². The lowest BCUT2D eigenvalue weighted by atomic mass is 10.1. The Bertz CT molecular complexity index is 1250. The largest absolute Gasteiger partial charge is 0.436 e. The van der Waals surface area contributed by atoms with Gasteiger partial charge >= 0.3 is 0 Å². The van der Waals surface area contributed by atoms with Crippen molar-refractivity contribution in [3.63, 3.8) is 0 Å². The van der Waals surface area contributed by atoms with Crippen LogP contribution in [0, 0.1) is 5.92 Å². The number of benzene rings is 2. The van der Waals surface area contributed by atoms with Crippen LogP contribution in [-0.4, -0.2) is 26.0 Å². The molecule has 1 amide bonds. The van der Waals surface area contributed by atoms with Crippen LogP contribution >= 0.6 is 0 Å². The Morgan fingerprint density at radius 1 is 1.09 bits per heavy atom. The van der Waals surface area contributed by atoms with E-state index in [9.17, 15) is 4.79 Å². The summed E-state index contributed by atoms with van der Waals surface area (Å²) in [5.41, 5.74) is 4.82. The fraction of sp³-hybridized carbons (Fsp3) is 0.346. The Kier molecular flexibility index (Phi) is 4.42. The minimum absolute atomic E-state index is 0.0474. The number of nitrogens with zero attached hydrogens (tertiary/aromatic N) is 3. The number of rotatable bonds is 5. The van der Waals surface area contributed by atoms with Crippen molar-refractivity contribution in [2.24, 2.45) is 5.92 Å². The summed E-state index contributed by atoms with van der Waals surface area (Å²) in [5.74, 6) is 0.936. The maximum atomic E-state index is 12.7. The van der Waals surface area contributed by atoms with Gasteiger partial charge in [0.05, 0.1) is 18.2 Å². The van der Waals surface area contributed by atoms with Crippen molar-refractivity contribution in [2.75, 3.05) is 0 Å². The van der Waals surface area contributed by atoms with Crippen LogP contribution in [0.15, 0.2) is 65.5 Å². The molecule has 32 heavy (non-hydrogen) atoms. The van der Waals surface area contributed by atoms with Crippen molar-refractivity contribution in [3.05, 3.63) is 61.1 Å². The van der Waals surface area contributed by atoms with Crippen molar-refractivity contribution in [3.8, 4) is 22.7 Å². The van der Waals surface area contributed by atoms with Crippen LogP contribution < -0.4 is 5.32 Å². The number of para-hydroxylation sites is 2. The molecule has 1 N–H and O–H groups in total. The second-order valence-electron chi connectivity index (χ2n) is 9.46. The highest BCUT2D eigenvalue weighted by Gasteiger charge is 2.41. The fourth-order valence-electron chi connectivity index (χ4n) is 4.76. The third kappa shape index (κ3) is 3.49. The van der Waals surface area contributed by atoms with Crippen molar-refractivity contribution in [1.82, 2.24) is 19.9 Å². The number of nitrogens with one attached hydrogen (secondary N) is 1. The zero-order valence-electron chi connectivity index (χ0n) is 18.1. The van der Waals surface area contributed by atoms with Crippen LogP contribution in [0.1, 0.15) is 45.1 Å². The molecule has 2 heterocycles. The van der Waals surface area contributed by atoms with E-state index < -0.39 is 0 Å². The highest BCUT2D eigenvalue weighted by Crippen LogP contribution is 2.40. The van der Waals surface area contributed by atoms with Gasteiger partial charge in [-0.15, -0.1) is 0 Å². The molecule has 2 saturated carbocycles. The number of amides is 1. The summed E-state index contributed by atoms with van der Waals surface area (Å²) < 4.78 is 8.13. The molecule has 2 atom stereocenters. The van der Waals surface area contributed by atoms with Gasteiger partial charge in [0.25, 0.3) is 0 Å². The third-order valence-corrected chi connectivity index (χ3v) is 6.98. The molecule has 0 saturated heterocycles.